The molecule has 3 fully saturated rings. The van der Waals surface area contributed by atoms with Gasteiger partial charge < -0.3 is 25.6 Å². The van der Waals surface area contributed by atoms with Crippen LogP contribution in [0.3, 0.4) is 0 Å². The summed E-state index contributed by atoms with van der Waals surface area (Å²) in [7, 11) is 2.09. The third-order valence-corrected chi connectivity index (χ3v) is 9.35. The summed E-state index contributed by atoms with van der Waals surface area (Å²) in [6, 6.07) is 13.8. The summed E-state index contributed by atoms with van der Waals surface area (Å²) in [5.74, 6) is 1.48. The Bertz CT molecular complexity index is 1280. The van der Waals surface area contributed by atoms with Crippen molar-refractivity contribution >= 4 is 29.4 Å². The highest BCUT2D eigenvalue weighted by molar-refractivity contribution is 8.04. The van der Waals surface area contributed by atoms with E-state index in [2.05, 4.69) is 27.9 Å². The largest absolute Gasteiger partial charge is 0.457 e. The van der Waals surface area contributed by atoms with Crippen LogP contribution >= 0.6 is 11.8 Å². The molecule has 0 bridgehead atoms. The molecule has 9 heteroatoms. The molecule has 0 aliphatic carbocycles. The third-order valence-electron chi connectivity index (χ3n) is 7.99. The van der Waals surface area contributed by atoms with Crippen LogP contribution in [0.5, 0.6) is 11.5 Å². The van der Waals surface area contributed by atoms with Crippen LogP contribution < -0.4 is 25.6 Å². The molecule has 6 rings (SSSR count). The number of ether oxygens (including phenoxy) is 1. The smallest absolute Gasteiger partial charge is 0.326 e. The van der Waals surface area contributed by atoms with E-state index in [1.807, 2.05) is 61.2 Å². The molecule has 2 aromatic rings. The van der Waals surface area contributed by atoms with E-state index >= 15 is 0 Å². The van der Waals surface area contributed by atoms with Gasteiger partial charge >= 0.3 is 6.03 Å². The Hall–Kier alpha value is -3.01. The van der Waals surface area contributed by atoms with Crippen LogP contribution in [-0.4, -0.2) is 61.0 Å². The van der Waals surface area contributed by atoms with Gasteiger partial charge in [-0.1, -0.05) is 29.5 Å². The molecule has 200 valence electrons. The van der Waals surface area contributed by atoms with Gasteiger partial charge in [0.25, 0.3) is 5.91 Å². The molecule has 0 aromatic heterocycles. The number of likely N-dealkylation sites (N-methyl/N-ethyl adjacent to an activating group) is 1. The topological polar surface area (TPSA) is 85.9 Å². The molecule has 3 N–H and O–H groups in total. The van der Waals surface area contributed by atoms with Crippen LogP contribution in [0.4, 0.5) is 10.5 Å². The van der Waals surface area contributed by atoms with E-state index < -0.39 is 0 Å². The molecule has 0 saturated carbocycles. The van der Waals surface area contributed by atoms with Crippen molar-refractivity contribution in [3.8, 4) is 11.5 Å². The summed E-state index contributed by atoms with van der Waals surface area (Å²) >= 11 is 1.56. The molecule has 0 radical (unpaired) electrons. The molecule has 0 spiro atoms. The lowest BCUT2D eigenvalue weighted by Gasteiger charge is -2.46. The fourth-order valence-corrected chi connectivity index (χ4v) is 7.54. The van der Waals surface area contributed by atoms with E-state index in [9.17, 15) is 9.59 Å². The summed E-state index contributed by atoms with van der Waals surface area (Å²) in [4.78, 5) is 31.7. The Morgan fingerprint density at radius 1 is 1.11 bits per heavy atom. The van der Waals surface area contributed by atoms with Gasteiger partial charge in [0, 0.05) is 29.9 Å². The molecule has 2 aromatic carbocycles. The zero-order chi connectivity index (χ0) is 26.4. The number of anilines is 1. The Labute approximate surface area is 228 Å². The molecule has 4 aliphatic rings. The summed E-state index contributed by atoms with van der Waals surface area (Å²) < 4.78 is 6.06. The second-order valence-electron chi connectivity index (χ2n) is 10.9. The van der Waals surface area contributed by atoms with E-state index in [1.165, 1.54) is 5.56 Å². The lowest BCUT2D eigenvalue weighted by Crippen LogP contribution is -2.62. The van der Waals surface area contributed by atoms with Gasteiger partial charge in [0.1, 0.15) is 11.5 Å². The van der Waals surface area contributed by atoms with Crippen LogP contribution in [0.1, 0.15) is 30.4 Å². The van der Waals surface area contributed by atoms with E-state index in [-0.39, 0.29) is 35.3 Å². The summed E-state index contributed by atoms with van der Waals surface area (Å²) in [6.07, 6.45) is 2.89. The van der Waals surface area contributed by atoms with Crippen molar-refractivity contribution in [1.82, 2.24) is 20.9 Å². The number of aryl methyl sites for hydroxylation is 2. The number of piperidine rings is 2. The minimum Gasteiger partial charge on any atom is -0.457 e. The monoisotopic (exact) mass is 533 g/mol. The van der Waals surface area contributed by atoms with Gasteiger partial charge in [-0.2, -0.15) is 0 Å². The van der Waals surface area contributed by atoms with Crippen molar-refractivity contribution in [1.29, 1.82) is 0 Å². The predicted molar refractivity (Wildman–Crippen MR) is 150 cm³/mol. The molecule has 8 nitrogen and oxygen atoms in total. The minimum atomic E-state index is -0.178. The van der Waals surface area contributed by atoms with Gasteiger partial charge in [0.2, 0.25) is 0 Å². The number of nitrogens with one attached hydrogen (secondary N) is 3. The van der Waals surface area contributed by atoms with Crippen molar-refractivity contribution < 1.29 is 14.3 Å². The van der Waals surface area contributed by atoms with Crippen molar-refractivity contribution in [2.45, 2.75) is 50.6 Å². The van der Waals surface area contributed by atoms with Gasteiger partial charge in [0.05, 0.1) is 16.3 Å². The molecule has 38 heavy (non-hydrogen) atoms. The van der Waals surface area contributed by atoms with Gasteiger partial charge in [-0.05, 0) is 89.1 Å². The molecule has 3 amide bonds. The van der Waals surface area contributed by atoms with Crippen LogP contribution in [0.2, 0.25) is 0 Å². The number of likely N-dealkylation sites (tertiary alicyclic amines) is 1. The Balaban J connectivity index is 1.24. The standard InChI is InChI=1S/C29H35N5O3S/c1-17-6-8-20(9-7-17)37-21-10-11-22(18(2)15-21)34-23-12-13-30-28-24(23)25(32-29(34)36)26(38-28)27(35)31-19-5-4-14-33(3)16-19/h6-11,15,19,23-24,28,30H,4-5,12-14,16H2,1-3H3,(H,31,35)(H,32,36)/t19-,23?,24?,28?/m1/s1. The zero-order valence-corrected chi connectivity index (χ0v) is 22.9. The van der Waals surface area contributed by atoms with E-state index in [0.29, 0.717) is 4.91 Å². The number of carbonyl (C=O) groups is 2. The highest BCUT2D eigenvalue weighted by Crippen LogP contribution is 2.48. The lowest BCUT2D eigenvalue weighted by molar-refractivity contribution is -0.117. The SMILES string of the molecule is Cc1ccc(Oc2ccc(N3C(=O)NC4=C(C(=O)N[C@@H]5CCCN(C)C5)SC5NCCC3C45)c(C)c2)cc1. The number of urea groups is 1. The Morgan fingerprint density at radius 2 is 1.89 bits per heavy atom. The fourth-order valence-electron chi connectivity index (χ4n) is 6.14. The summed E-state index contributed by atoms with van der Waals surface area (Å²) in [5.41, 5.74) is 3.80. The Kier molecular flexibility index (Phi) is 6.84. The predicted octanol–water partition coefficient (Wildman–Crippen LogP) is 4.10. The Morgan fingerprint density at radius 3 is 2.66 bits per heavy atom. The molecular weight excluding hydrogens is 498 g/mol. The highest BCUT2D eigenvalue weighted by atomic mass is 32.2. The maximum absolute atomic E-state index is 13.6. The number of thioether (sulfide) groups is 1. The van der Waals surface area contributed by atoms with Gasteiger partial charge in [0.15, 0.2) is 0 Å². The lowest BCUT2D eigenvalue weighted by atomic mass is 9.86. The molecule has 4 aliphatic heterocycles. The second kappa shape index (κ2) is 10.3. The number of rotatable bonds is 5. The first-order chi connectivity index (χ1) is 18.4. The van der Waals surface area contributed by atoms with Crippen molar-refractivity contribution in [2.75, 3.05) is 31.6 Å². The number of carbonyl (C=O) groups excluding carboxylic acids is 2. The number of benzene rings is 2. The fraction of sp³-hybridized carbons (Fsp3) is 0.448. The van der Waals surface area contributed by atoms with Gasteiger partial charge in [-0.3, -0.25) is 9.69 Å². The van der Waals surface area contributed by atoms with Crippen LogP contribution in [0, 0.1) is 19.8 Å². The van der Waals surface area contributed by atoms with E-state index in [1.54, 1.807) is 11.8 Å². The third kappa shape index (κ3) is 4.79. The van der Waals surface area contributed by atoms with Crippen molar-refractivity contribution in [3.63, 3.8) is 0 Å². The quantitative estimate of drug-likeness (QED) is 0.537. The van der Waals surface area contributed by atoms with E-state index in [4.69, 9.17) is 4.74 Å². The van der Waals surface area contributed by atoms with Gasteiger partial charge in [-0.15, -0.1) is 0 Å². The molecule has 4 atom stereocenters. The first kappa shape index (κ1) is 25.3. The first-order valence-corrected chi connectivity index (χ1v) is 14.3. The number of hydrogen-bond donors (Lipinski definition) is 3. The molecule has 3 unspecified atom stereocenters. The summed E-state index contributed by atoms with van der Waals surface area (Å²) in [6.45, 7) is 6.78. The van der Waals surface area contributed by atoms with E-state index in [0.717, 1.165) is 67.3 Å². The van der Waals surface area contributed by atoms with Gasteiger partial charge in [-0.25, -0.2) is 4.79 Å². The first-order valence-electron chi connectivity index (χ1n) is 13.5. The highest BCUT2D eigenvalue weighted by Gasteiger charge is 2.52. The van der Waals surface area contributed by atoms with Crippen LogP contribution in [0.15, 0.2) is 53.1 Å². The van der Waals surface area contributed by atoms with Crippen molar-refractivity contribution in [3.05, 3.63) is 64.2 Å². The average Bonchev–Trinajstić information content (AvgIpc) is 3.26. The minimum absolute atomic E-state index is 0.0221. The van der Waals surface area contributed by atoms with Crippen LogP contribution in [-0.2, 0) is 4.79 Å². The summed E-state index contributed by atoms with van der Waals surface area (Å²) in [5, 5.41) is 10.0. The average molecular weight is 534 g/mol. The maximum atomic E-state index is 13.6. The van der Waals surface area contributed by atoms with Crippen LogP contribution in [0.25, 0.3) is 0 Å². The maximum Gasteiger partial charge on any atom is 0.326 e. The second-order valence-corrected chi connectivity index (χ2v) is 12.0. The normalized spacial score (nSPS) is 27.1. The molecular formula is C29H35N5O3S. The van der Waals surface area contributed by atoms with Crippen molar-refractivity contribution in [2.24, 2.45) is 5.92 Å². The number of nitrogens with zero attached hydrogens (tertiary/aromatic N) is 2. The number of amides is 3. The number of hydrogen-bond acceptors (Lipinski definition) is 6. The molecule has 3 saturated heterocycles. The zero-order valence-electron chi connectivity index (χ0n) is 22.1. The molecule has 4 heterocycles.